The van der Waals surface area contributed by atoms with Gasteiger partial charge in [-0.15, -0.1) is 12.4 Å². The number of carboxylic acid groups (broad SMARTS) is 1. The summed E-state index contributed by atoms with van der Waals surface area (Å²) in [6, 6.07) is 12.7. The van der Waals surface area contributed by atoms with Crippen LogP contribution in [-0.4, -0.2) is 90.6 Å². The standard InChI is InChI=1S/C31H35N5O8.ClH/c1-4-43-24(44-15-14-37)18-36-23-13-12-20(11-10-19-8-6-5-7-9-19)22(16-21-17-34-30(33)35-27(21)32)25(23)26(38)31(42-3,29(39)40)28(36)41-2;/h5-9,12-13,17,24,28,37H,4,14-16,18H2,1-3H3,(H,39,40)(H4,32,33,34,35);1H. The van der Waals surface area contributed by atoms with Crippen LogP contribution in [0.4, 0.5) is 17.5 Å². The Morgan fingerprint density at radius 3 is 2.47 bits per heavy atom. The first kappa shape index (κ1) is 35.2. The molecule has 2 aromatic carbocycles. The third-order valence-corrected chi connectivity index (χ3v) is 7.15. The van der Waals surface area contributed by atoms with Crippen LogP contribution in [0.3, 0.4) is 0 Å². The van der Waals surface area contributed by atoms with E-state index in [1.165, 1.54) is 13.3 Å². The molecule has 1 aromatic heterocycles. The number of carboxylic acids is 1. The van der Waals surface area contributed by atoms with Crippen LogP contribution in [-0.2, 0) is 30.2 Å². The van der Waals surface area contributed by atoms with Crippen molar-refractivity contribution in [2.45, 2.75) is 31.5 Å². The Morgan fingerprint density at radius 2 is 1.87 bits per heavy atom. The monoisotopic (exact) mass is 641 g/mol. The summed E-state index contributed by atoms with van der Waals surface area (Å²) in [5, 5.41) is 19.9. The van der Waals surface area contributed by atoms with Gasteiger partial charge in [-0.25, -0.2) is 9.78 Å². The number of anilines is 3. The maximum Gasteiger partial charge on any atom is 0.349 e. The number of ether oxygens (including phenoxy) is 4. The van der Waals surface area contributed by atoms with Crippen molar-refractivity contribution in [1.82, 2.24) is 9.97 Å². The normalized spacial score (nSPS) is 17.9. The molecule has 0 spiro atoms. The van der Waals surface area contributed by atoms with Crippen LogP contribution in [0.15, 0.2) is 48.7 Å². The number of fused-ring (bicyclic) bond motifs is 1. The summed E-state index contributed by atoms with van der Waals surface area (Å²) in [5.74, 6) is 3.90. The molecule has 6 N–H and O–H groups in total. The van der Waals surface area contributed by atoms with Crippen LogP contribution < -0.4 is 16.4 Å². The summed E-state index contributed by atoms with van der Waals surface area (Å²) in [6.45, 7) is 1.65. The number of aliphatic carboxylic acids is 1. The highest BCUT2D eigenvalue weighted by molar-refractivity contribution is 6.21. The van der Waals surface area contributed by atoms with Crippen LogP contribution in [0.2, 0.25) is 0 Å². The first-order valence-electron chi connectivity index (χ1n) is 13.8. The van der Waals surface area contributed by atoms with E-state index in [0.717, 1.165) is 12.7 Å². The number of ketones is 1. The van der Waals surface area contributed by atoms with E-state index < -0.39 is 29.9 Å². The number of aromatic nitrogens is 2. The Hall–Kier alpha value is -4.29. The zero-order valence-electron chi connectivity index (χ0n) is 25.1. The summed E-state index contributed by atoms with van der Waals surface area (Å²) in [4.78, 5) is 37.1. The number of methoxy groups -OCH3 is 2. The first-order valence-corrected chi connectivity index (χ1v) is 13.8. The molecule has 2 heterocycles. The van der Waals surface area contributed by atoms with Gasteiger partial charge in [0, 0.05) is 55.7 Å². The van der Waals surface area contributed by atoms with Gasteiger partial charge in [0.25, 0.3) is 5.60 Å². The topological polar surface area (TPSA) is 193 Å². The molecule has 0 radical (unpaired) electrons. The number of nitrogens with zero attached hydrogens (tertiary/aromatic N) is 3. The third-order valence-electron chi connectivity index (χ3n) is 7.15. The molecule has 240 valence electrons. The summed E-state index contributed by atoms with van der Waals surface area (Å²) < 4.78 is 22.6. The van der Waals surface area contributed by atoms with Gasteiger partial charge in [0.1, 0.15) is 5.82 Å². The predicted molar refractivity (Wildman–Crippen MR) is 168 cm³/mol. The van der Waals surface area contributed by atoms with Crippen LogP contribution in [0.5, 0.6) is 0 Å². The number of hydrogen-bond donors (Lipinski definition) is 4. The van der Waals surface area contributed by atoms with Crippen molar-refractivity contribution in [1.29, 1.82) is 0 Å². The Morgan fingerprint density at radius 1 is 1.13 bits per heavy atom. The van der Waals surface area contributed by atoms with Crippen LogP contribution in [0, 0.1) is 11.8 Å². The van der Waals surface area contributed by atoms with E-state index in [0.29, 0.717) is 22.4 Å². The van der Waals surface area contributed by atoms with E-state index in [1.54, 1.807) is 24.0 Å². The number of nitrogens with two attached hydrogens (primary N) is 2. The molecule has 3 unspecified atom stereocenters. The van der Waals surface area contributed by atoms with E-state index in [-0.39, 0.29) is 62.5 Å². The van der Waals surface area contributed by atoms with Gasteiger partial charge < -0.3 is 45.5 Å². The molecule has 14 heteroatoms. The zero-order chi connectivity index (χ0) is 31.9. The predicted octanol–water partition coefficient (Wildman–Crippen LogP) is 1.87. The maximum absolute atomic E-state index is 14.4. The quantitative estimate of drug-likeness (QED) is 0.127. The third kappa shape index (κ3) is 7.18. The number of hydrogen-bond acceptors (Lipinski definition) is 12. The largest absolute Gasteiger partial charge is 0.479 e. The summed E-state index contributed by atoms with van der Waals surface area (Å²) in [5.41, 5.74) is 11.8. The van der Waals surface area contributed by atoms with Gasteiger partial charge in [-0.05, 0) is 36.8 Å². The maximum atomic E-state index is 14.4. The minimum atomic E-state index is -2.49. The Balaban J connectivity index is 0.00000552. The van der Waals surface area contributed by atoms with Crippen molar-refractivity contribution in [3.63, 3.8) is 0 Å². The van der Waals surface area contributed by atoms with Gasteiger partial charge in [-0.3, -0.25) is 4.79 Å². The van der Waals surface area contributed by atoms with Gasteiger partial charge in [-0.1, -0.05) is 30.0 Å². The molecule has 1 aliphatic rings. The second-order valence-corrected chi connectivity index (χ2v) is 9.71. The van der Waals surface area contributed by atoms with Crippen molar-refractivity contribution in [2.75, 3.05) is 57.0 Å². The molecule has 3 atom stereocenters. The van der Waals surface area contributed by atoms with Gasteiger partial charge in [-0.2, -0.15) is 4.98 Å². The number of aliphatic hydroxyl groups is 1. The molecule has 0 bridgehead atoms. The highest BCUT2D eigenvalue weighted by Gasteiger charge is 2.61. The number of carbonyl (C=O) groups excluding carboxylic acids is 1. The van der Waals surface area contributed by atoms with Crippen molar-refractivity contribution in [2.24, 2.45) is 0 Å². The van der Waals surface area contributed by atoms with E-state index in [4.69, 9.17) is 30.4 Å². The average Bonchev–Trinajstić information content (AvgIpc) is 3.01. The average molecular weight is 642 g/mol. The number of aliphatic hydroxyl groups excluding tert-OH is 1. The molecule has 1 aliphatic heterocycles. The van der Waals surface area contributed by atoms with Crippen molar-refractivity contribution >= 4 is 41.6 Å². The summed E-state index contributed by atoms with van der Waals surface area (Å²) >= 11 is 0. The lowest BCUT2D eigenvalue weighted by molar-refractivity contribution is -0.175. The molecular weight excluding hydrogens is 606 g/mol. The summed E-state index contributed by atoms with van der Waals surface area (Å²) in [6.07, 6.45) is -0.884. The van der Waals surface area contributed by atoms with E-state index in [1.807, 2.05) is 30.3 Å². The number of nitrogen functional groups attached to an aromatic ring is 2. The lowest BCUT2D eigenvalue weighted by Gasteiger charge is -2.47. The molecule has 0 amide bonds. The van der Waals surface area contributed by atoms with Crippen molar-refractivity contribution in [3.8, 4) is 11.8 Å². The van der Waals surface area contributed by atoms with E-state index >= 15 is 0 Å². The Kier molecular flexibility index (Phi) is 12.2. The highest BCUT2D eigenvalue weighted by Crippen LogP contribution is 2.42. The lowest BCUT2D eigenvalue weighted by Crippen LogP contribution is -2.68. The molecular formula is C31H36ClN5O8. The number of rotatable bonds is 12. The number of halogens is 1. The minimum absolute atomic E-state index is 0. The molecule has 13 nitrogen and oxygen atoms in total. The lowest BCUT2D eigenvalue weighted by atomic mass is 9.80. The molecule has 3 aromatic rings. The Bertz CT molecular complexity index is 1560. The minimum Gasteiger partial charge on any atom is -0.479 e. The SMILES string of the molecule is CCOC(CN1c2ccc(C#Cc3ccccc3)c(Cc3cnc(N)nc3N)c2C(=O)C(OC)(C(=O)O)C1OC)OCCO.Cl. The van der Waals surface area contributed by atoms with Crippen LogP contribution in [0.25, 0.3) is 0 Å². The highest BCUT2D eigenvalue weighted by atomic mass is 35.5. The zero-order valence-corrected chi connectivity index (χ0v) is 25.9. The van der Waals surface area contributed by atoms with Crippen LogP contribution in [0.1, 0.15) is 39.5 Å². The van der Waals surface area contributed by atoms with E-state index in [2.05, 4.69) is 21.8 Å². The van der Waals surface area contributed by atoms with Crippen molar-refractivity contribution in [3.05, 3.63) is 76.5 Å². The van der Waals surface area contributed by atoms with Gasteiger partial charge in [0.05, 0.1) is 25.4 Å². The second-order valence-electron chi connectivity index (χ2n) is 9.71. The second kappa shape index (κ2) is 15.6. The van der Waals surface area contributed by atoms with Crippen molar-refractivity contribution < 1.29 is 38.7 Å². The van der Waals surface area contributed by atoms with Gasteiger partial charge >= 0.3 is 5.97 Å². The van der Waals surface area contributed by atoms with Crippen LogP contribution >= 0.6 is 12.4 Å². The molecule has 0 aliphatic carbocycles. The molecule has 0 saturated heterocycles. The number of Topliss-reactive ketones (excluding diaryl/α,β-unsaturated/α-hetero) is 1. The molecule has 0 fully saturated rings. The number of benzene rings is 2. The molecule has 4 rings (SSSR count). The van der Waals surface area contributed by atoms with Gasteiger partial charge in [0.2, 0.25) is 11.7 Å². The fourth-order valence-corrected chi connectivity index (χ4v) is 5.15. The fourth-order valence-electron chi connectivity index (χ4n) is 5.15. The first-order chi connectivity index (χ1) is 21.2. The van der Waals surface area contributed by atoms with E-state index in [9.17, 15) is 19.8 Å². The Labute approximate surface area is 266 Å². The smallest absolute Gasteiger partial charge is 0.349 e. The molecule has 45 heavy (non-hydrogen) atoms. The number of carbonyl (C=O) groups is 2. The fraction of sp³-hybridized carbons (Fsp3) is 0.355. The molecule has 0 saturated carbocycles. The van der Waals surface area contributed by atoms with Gasteiger partial charge in [0.15, 0.2) is 12.5 Å². The summed E-state index contributed by atoms with van der Waals surface area (Å²) in [7, 11) is 2.41.